The van der Waals surface area contributed by atoms with E-state index < -0.39 is 0 Å². The summed E-state index contributed by atoms with van der Waals surface area (Å²) in [6.07, 6.45) is 5.29. The Morgan fingerprint density at radius 2 is 1.73 bits per heavy atom. The average molecular weight is 201 g/mol. The molecule has 15 heavy (non-hydrogen) atoms. The fraction of sp³-hybridized carbons (Fsp3) is 0.667. The van der Waals surface area contributed by atoms with Gasteiger partial charge in [0.1, 0.15) is 5.82 Å². The van der Waals surface area contributed by atoms with Gasteiger partial charge in [-0.25, -0.2) is 9.97 Å². The third-order valence-electron chi connectivity index (χ3n) is 3.64. The molecule has 1 aliphatic heterocycles. The summed E-state index contributed by atoms with van der Waals surface area (Å²) in [7, 11) is 0. The van der Waals surface area contributed by atoms with Gasteiger partial charge >= 0.3 is 0 Å². The quantitative estimate of drug-likeness (QED) is 0.793. The SMILES string of the molecule is C1NCc2c1nc(C1CC1)nc2C1CC1. The summed E-state index contributed by atoms with van der Waals surface area (Å²) in [5.41, 5.74) is 4.09. The number of rotatable bonds is 2. The molecule has 78 valence electrons. The summed E-state index contributed by atoms with van der Waals surface area (Å²) in [5, 5.41) is 3.39. The van der Waals surface area contributed by atoms with Crippen LogP contribution in [0.5, 0.6) is 0 Å². The van der Waals surface area contributed by atoms with Crippen LogP contribution < -0.4 is 5.32 Å². The van der Waals surface area contributed by atoms with E-state index in [1.165, 1.54) is 42.6 Å². The molecule has 3 heteroatoms. The lowest BCUT2D eigenvalue weighted by Gasteiger charge is -2.07. The molecule has 2 saturated carbocycles. The first-order valence-corrected chi connectivity index (χ1v) is 6.02. The molecule has 0 unspecified atom stereocenters. The van der Waals surface area contributed by atoms with Crippen molar-refractivity contribution in [1.29, 1.82) is 0 Å². The Kier molecular flexibility index (Phi) is 1.53. The maximum atomic E-state index is 4.82. The number of nitrogens with one attached hydrogen (secondary N) is 1. The Hall–Kier alpha value is -0.960. The highest BCUT2D eigenvalue weighted by Gasteiger charge is 2.34. The van der Waals surface area contributed by atoms with Crippen LogP contribution in [0.1, 0.15) is 60.3 Å². The van der Waals surface area contributed by atoms with Crippen LogP contribution in [0.4, 0.5) is 0 Å². The minimum absolute atomic E-state index is 0.688. The summed E-state index contributed by atoms with van der Waals surface area (Å²) in [5.74, 6) is 2.59. The highest BCUT2D eigenvalue weighted by molar-refractivity contribution is 5.34. The lowest BCUT2D eigenvalue weighted by molar-refractivity contribution is 0.754. The van der Waals surface area contributed by atoms with Crippen LogP contribution in [-0.2, 0) is 13.1 Å². The Bertz CT molecular complexity index is 419. The monoisotopic (exact) mass is 201 g/mol. The molecule has 0 amide bonds. The standard InChI is InChI=1S/C12H15N3/c1-2-7(1)11-9-5-13-6-10(9)14-12(15-11)8-3-4-8/h7-8,13H,1-6H2. The Morgan fingerprint density at radius 3 is 2.47 bits per heavy atom. The average Bonchev–Trinajstić information content (AvgIpc) is 3.12. The number of hydrogen-bond acceptors (Lipinski definition) is 3. The zero-order chi connectivity index (χ0) is 9.83. The van der Waals surface area contributed by atoms with E-state index in [1.807, 2.05) is 0 Å². The molecular weight excluding hydrogens is 186 g/mol. The molecule has 2 aliphatic carbocycles. The first kappa shape index (κ1) is 8.22. The first-order valence-electron chi connectivity index (χ1n) is 6.02. The molecule has 0 aromatic carbocycles. The molecule has 0 saturated heterocycles. The van der Waals surface area contributed by atoms with Crippen LogP contribution >= 0.6 is 0 Å². The van der Waals surface area contributed by atoms with Gasteiger partial charge in [-0.05, 0) is 25.7 Å². The van der Waals surface area contributed by atoms with E-state index in [0.29, 0.717) is 5.92 Å². The third-order valence-corrected chi connectivity index (χ3v) is 3.64. The van der Waals surface area contributed by atoms with E-state index >= 15 is 0 Å². The summed E-state index contributed by atoms with van der Waals surface area (Å²) < 4.78 is 0. The first-order chi connectivity index (χ1) is 7.42. The largest absolute Gasteiger partial charge is 0.307 e. The van der Waals surface area contributed by atoms with Gasteiger partial charge in [0.15, 0.2) is 0 Å². The maximum absolute atomic E-state index is 4.82. The minimum Gasteiger partial charge on any atom is -0.307 e. The summed E-state index contributed by atoms with van der Waals surface area (Å²) >= 11 is 0. The van der Waals surface area contributed by atoms with E-state index in [1.54, 1.807) is 0 Å². The van der Waals surface area contributed by atoms with Gasteiger partial charge in [0.2, 0.25) is 0 Å². The van der Waals surface area contributed by atoms with Crippen LogP contribution in [0.25, 0.3) is 0 Å². The lowest BCUT2D eigenvalue weighted by Crippen LogP contribution is -2.04. The van der Waals surface area contributed by atoms with Crippen molar-refractivity contribution in [3.8, 4) is 0 Å². The Morgan fingerprint density at radius 1 is 0.933 bits per heavy atom. The minimum atomic E-state index is 0.688. The van der Waals surface area contributed by atoms with Crippen molar-refractivity contribution >= 4 is 0 Å². The van der Waals surface area contributed by atoms with Gasteiger partial charge in [-0.15, -0.1) is 0 Å². The maximum Gasteiger partial charge on any atom is 0.132 e. The molecule has 0 spiro atoms. The second-order valence-electron chi connectivity index (χ2n) is 5.04. The third kappa shape index (κ3) is 1.29. The molecule has 3 aliphatic rings. The van der Waals surface area contributed by atoms with E-state index in [9.17, 15) is 0 Å². The van der Waals surface area contributed by atoms with Crippen molar-refractivity contribution < 1.29 is 0 Å². The second kappa shape index (κ2) is 2.79. The smallest absolute Gasteiger partial charge is 0.132 e. The molecule has 1 aromatic rings. The number of hydrogen-bond donors (Lipinski definition) is 1. The van der Waals surface area contributed by atoms with Gasteiger partial charge in [0.05, 0.1) is 11.4 Å². The lowest BCUT2D eigenvalue weighted by atomic mass is 10.1. The molecule has 0 radical (unpaired) electrons. The molecule has 0 atom stereocenters. The summed E-state index contributed by atoms with van der Waals surface area (Å²) in [6.45, 7) is 1.95. The number of nitrogens with zero attached hydrogens (tertiary/aromatic N) is 2. The van der Waals surface area contributed by atoms with Gasteiger partial charge < -0.3 is 5.32 Å². The molecule has 1 aromatic heterocycles. The van der Waals surface area contributed by atoms with Crippen LogP contribution in [0.3, 0.4) is 0 Å². The molecular formula is C12H15N3. The molecule has 2 fully saturated rings. The summed E-state index contributed by atoms with van der Waals surface area (Å²) in [6, 6.07) is 0. The number of fused-ring (bicyclic) bond motifs is 1. The van der Waals surface area contributed by atoms with Gasteiger partial charge in [-0.2, -0.15) is 0 Å². The Balaban J connectivity index is 1.86. The van der Waals surface area contributed by atoms with Gasteiger partial charge in [0.25, 0.3) is 0 Å². The second-order valence-corrected chi connectivity index (χ2v) is 5.04. The van der Waals surface area contributed by atoms with E-state index in [-0.39, 0.29) is 0 Å². The van der Waals surface area contributed by atoms with Crippen molar-refractivity contribution in [2.24, 2.45) is 0 Å². The number of aromatic nitrogens is 2. The molecule has 0 bridgehead atoms. The predicted octanol–water partition coefficient (Wildman–Crippen LogP) is 1.83. The van der Waals surface area contributed by atoms with E-state index in [2.05, 4.69) is 5.32 Å². The fourth-order valence-electron chi connectivity index (χ4n) is 2.43. The van der Waals surface area contributed by atoms with Gasteiger partial charge in [-0.3, -0.25) is 0 Å². The van der Waals surface area contributed by atoms with Crippen LogP contribution in [0, 0.1) is 0 Å². The zero-order valence-corrected chi connectivity index (χ0v) is 8.79. The van der Waals surface area contributed by atoms with Gasteiger partial charge in [0, 0.05) is 30.5 Å². The predicted molar refractivity (Wildman–Crippen MR) is 56.5 cm³/mol. The van der Waals surface area contributed by atoms with Crippen molar-refractivity contribution in [3.63, 3.8) is 0 Å². The van der Waals surface area contributed by atoms with Crippen molar-refractivity contribution in [2.45, 2.75) is 50.6 Å². The Labute approximate surface area is 89.3 Å². The van der Waals surface area contributed by atoms with E-state index in [0.717, 1.165) is 24.8 Å². The van der Waals surface area contributed by atoms with Gasteiger partial charge in [-0.1, -0.05) is 0 Å². The molecule has 3 nitrogen and oxygen atoms in total. The molecule has 1 N–H and O–H groups in total. The highest BCUT2D eigenvalue weighted by atomic mass is 15.0. The molecule has 4 rings (SSSR count). The van der Waals surface area contributed by atoms with Crippen molar-refractivity contribution in [1.82, 2.24) is 15.3 Å². The van der Waals surface area contributed by atoms with Crippen LogP contribution in [-0.4, -0.2) is 9.97 Å². The van der Waals surface area contributed by atoms with Crippen molar-refractivity contribution in [3.05, 3.63) is 22.8 Å². The topological polar surface area (TPSA) is 37.8 Å². The normalized spacial score (nSPS) is 24.3. The summed E-state index contributed by atoms with van der Waals surface area (Å²) in [4.78, 5) is 9.53. The molecule has 2 heterocycles. The van der Waals surface area contributed by atoms with Crippen molar-refractivity contribution in [2.75, 3.05) is 0 Å². The van der Waals surface area contributed by atoms with Crippen LogP contribution in [0.2, 0.25) is 0 Å². The van der Waals surface area contributed by atoms with Crippen LogP contribution in [0.15, 0.2) is 0 Å². The zero-order valence-electron chi connectivity index (χ0n) is 8.79. The fourth-order valence-corrected chi connectivity index (χ4v) is 2.43. The van der Waals surface area contributed by atoms with E-state index in [4.69, 9.17) is 9.97 Å². The highest BCUT2D eigenvalue weighted by Crippen LogP contribution is 2.44.